The van der Waals surface area contributed by atoms with Gasteiger partial charge in [-0.1, -0.05) is 47.5 Å². The second-order valence-electron chi connectivity index (χ2n) is 4.03. The number of fused-ring (bicyclic) bond motifs is 2. The molecule has 0 saturated carbocycles. The van der Waals surface area contributed by atoms with Crippen LogP contribution in [0.15, 0.2) is 41.4 Å². The summed E-state index contributed by atoms with van der Waals surface area (Å²) in [5.74, 6) is -1.35. The van der Waals surface area contributed by atoms with Crippen molar-refractivity contribution in [2.75, 3.05) is 0 Å². The number of Topliss-reactive ketones (excluding diaryl/α,β-unsaturated/α-hetero) is 2. The van der Waals surface area contributed by atoms with Crippen molar-refractivity contribution in [1.29, 1.82) is 0 Å². The van der Waals surface area contributed by atoms with Crippen molar-refractivity contribution in [3.05, 3.63) is 52.6 Å². The molecule has 0 aromatic heterocycles. The van der Waals surface area contributed by atoms with Crippen LogP contribution in [-0.4, -0.2) is 11.6 Å². The molecule has 4 heteroatoms. The van der Waals surface area contributed by atoms with Gasteiger partial charge in [0.25, 0.3) is 0 Å². The first-order valence-electron chi connectivity index (χ1n) is 5.27. The lowest BCUT2D eigenvalue weighted by molar-refractivity contribution is -0.111. The second-order valence-corrected chi connectivity index (χ2v) is 4.79. The molecule has 2 aromatic carbocycles. The first-order chi connectivity index (χ1) is 8.59. The third-order valence-electron chi connectivity index (χ3n) is 2.97. The summed E-state index contributed by atoms with van der Waals surface area (Å²) in [5.41, 5.74) is 0.832. The molecular formula is C14H6Cl2O2. The molecule has 0 heterocycles. The fourth-order valence-electron chi connectivity index (χ4n) is 2.05. The van der Waals surface area contributed by atoms with Crippen molar-refractivity contribution in [3.8, 4) is 0 Å². The molecule has 0 amide bonds. The number of halogens is 2. The van der Waals surface area contributed by atoms with Crippen molar-refractivity contribution in [2.24, 2.45) is 0 Å². The van der Waals surface area contributed by atoms with Crippen molar-refractivity contribution in [3.63, 3.8) is 0 Å². The van der Waals surface area contributed by atoms with E-state index in [2.05, 4.69) is 0 Å². The summed E-state index contributed by atoms with van der Waals surface area (Å²) in [6.45, 7) is 0. The van der Waals surface area contributed by atoms with E-state index in [-0.39, 0.29) is 10.1 Å². The standard InChI is InChI=1S/C14H6Cl2O2/c15-11-9-5-7-3-1-2-4-8(7)6-10(9)13(17)14(18)12(11)16/h1-6H. The molecule has 0 atom stereocenters. The van der Waals surface area contributed by atoms with Gasteiger partial charge in [-0.15, -0.1) is 0 Å². The summed E-state index contributed by atoms with van der Waals surface area (Å²) in [7, 11) is 0. The monoisotopic (exact) mass is 276 g/mol. The van der Waals surface area contributed by atoms with Gasteiger partial charge in [0.1, 0.15) is 5.03 Å². The molecule has 88 valence electrons. The van der Waals surface area contributed by atoms with Crippen LogP contribution in [0, 0.1) is 0 Å². The molecular weight excluding hydrogens is 271 g/mol. The highest BCUT2D eigenvalue weighted by molar-refractivity contribution is 6.71. The maximum atomic E-state index is 11.9. The maximum Gasteiger partial charge on any atom is 0.246 e. The lowest BCUT2D eigenvalue weighted by atomic mass is 9.92. The van der Waals surface area contributed by atoms with Crippen LogP contribution in [0.5, 0.6) is 0 Å². The van der Waals surface area contributed by atoms with Gasteiger partial charge in [-0.3, -0.25) is 9.59 Å². The Labute approximate surface area is 113 Å². The molecule has 2 aromatic rings. The Morgan fingerprint density at radius 3 is 1.89 bits per heavy atom. The molecule has 0 spiro atoms. The molecule has 0 bridgehead atoms. The van der Waals surface area contributed by atoms with Crippen LogP contribution in [-0.2, 0) is 4.79 Å². The van der Waals surface area contributed by atoms with Crippen LogP contribution in [0.2, 0.25) is 0 Å². The quantitative estimate of drug-likeness (QED) is 0.687. The van der Waals surface area contributed by atoms with Gasteiger partial charge in [0.05, 0.1) is 5.03 Å². The highest BCUT2D eigenvalue weighted by Crippen LogP contribution is 2.36. The number of allylic oxidation sites excluding steroid dienone is 1. The van der Waals surface area contributed by atoms with Gasteiger partial charge in [0, 0.05) is 11.1 Å². The highest BCUT2D eigenvalue weighted by Gasteiger charge is 2.31. The molecule has 0 saturated heterocycles. The van der Waals surface area contributed by atoms with Gasteiger partial charge in [0.15, 0.2) is 0 Å². The summed E-state index contributed by atoms with van der Waals surface area (Å²) in [6, 6.07) is 11.0. The Morgan fingerprint density at radius 2 is 1.28 bits per heavy atom. The fraction of sp³-hybridized carbons (Fsp3) is 0. The number of carbonyl (C=O) groups excluding carboxylic acids is 2. The molecule has 0 N–H and O–H groups in total. The minimum Gasteiger partial charge on any atom is -0.285 e. The van der Waals surface area contributed by atoms with E-state index in [1.807, 2.05) is 24.3 Å². The van der Waals surface area contributed by atoms with E-state index in [1.165, 1.54) is 0 Å². The third kappa shape index (κ3) is 1.50. The second kappa shape index (κ2) is 3.94. The SMILES string of the molecule is O=C1C(=O)c2cc3ccccc3cc2C(Cl)=C1Cl. The third-order valence-corrected chi connectivity index (χ3v) is 3.82. The Balaban J connectivity index is 2.42. The average Bonchev–Trinajstić information content (AvgIpc) is 2.41. The van der Waals surface area contributed by atoms with E-state index in [9.17, 15) is 9.59 Å². The number of rotatable bonds is 0. The molecule has 0 radical (unpaired) electrons. The van der Waals surface area contributed by atoms with E-state index >= 15 is 0 Å². The molecule has 1 aliphatic rings. The van der Waals surface area contributed by atoms with E-state index in [4.69, 9.17) is 23.2 Å². The Morgan fingerprint density at radius 1 is 0.722 bits per heavy atom. The van der Waals surface area contributed by atoms with Gasteiger partial charge >= 0.3 is 0 Å². The van der Waals surface area contributed by atoms with Crippen LogP contribution in [0.3, 0.4) is 0 Å². The predicted octanol–water partition coefficient (Wildman–Crippen LogP) is 3.75. The normalized spacial score (nSPS) is 15.2. The van der Waals surface area contributed by atoms with Gasteiger partial charge in [-0.25, -0.2) is 0 Å². The van der Waals surface area contributed by atoms with Crippen molar-refractivity contribution in [2.45, 2.75) is 0 Å². The molecule has 0 aliphatic heterocycles. The summed E-state index contributed by atoms with van der Waals surface area (Å²) < 4.78 is 0. The van der Waals surface area contributed by atoms with E-state index in [1.54, 1.807) is 12.1 Å². The first-order valence-corrected chi connectivity index (χ1v) is 6.02. The smallest absolute Gasteiger partial charge is 0.246 e. The van der Waals surface area contributed by atoms with Crippen LogP contribution in [0.4, 0.5) is 0 Å². The minimum absolute atomic E-state index is 0.141. The van der Waals surface area contributed by atoms with Crippen molar-refractivity contribution >= 4 is 50.6 Å². The summed E-state index contributed by atoms with van der Waals surface area (Å²) in [6.07, 6.45) is 0. The molecule has 0 unspecified atom stereocenters. The molecule has 1 aliphatic carbocycles. The molecule has 18 heavy (non-hydrogen) atoms. The zero-order chi connectivity index (χ0) is 12.9. The number of hydrogen-bond acceptors (Lipinski definition) is 2. The lowest BCUT2D eigenvalue weighted by Crippen LogP contribution is -2.20. The van der Waals surface area contributed by atoms with Crippen molar-refractivity contribution in [1.82, 2.24) is 0 Å². The average molecular weight is 277 g/mol. The van der Waals surface area contributed by atoms with E-state index < -0.39 is 11.6 Å². The van der Waals surface area contributed by atoms with Crippen LogP contribution in [0.25, 0.3) is 15.8 Å². The lowest BCUT2D eigenvalue weighted by Gasteiger charge is -2.15. The molecule has 3 rings (SSSR count). The van der Waals surface area contributed by atoms with E-state index in [0.717, 1.165) is 10.8 Å². The van der Waals surface area contributed by atoms with Crippen LogP contribution in [0.1, 0.15) is 15.9 Å². The predicted molar refractivity (Wildman–Crippen MR) is 71.9 cm³/mol. The fourth-order valence-corrected chi connectivity index (χ4v) is 2.48. The van der Waals surface area contributed by atoms with Crippen LogP contribution >= 0.6 is 23.2 Å². The number of hydrogen-bond donors (Lipinski definition) is 0. The zero-order valence-electron chi connectivity index (χ0n) is 9.04. The highest BCUT2D eigenvalue weighted by atomic mass is 35.5. The maximum absolute atomic E-state index is 11.9. The Bertz CT molecular complexity index is 745. The number of benzene rings is 2. The van der Waals surface area contributed by atoms with E-state index in [0.29, 0.717) is 11.1 Å². The Hall–Kier alpha value is -1.64. The molecule has 2 nitrogen and oxygen atoms in total. The Kier molecular flexibility index (Phi) is 2.51. The minimum atomic E-state index is -0.746. The number of carbonyl (C=O) groups is 2. The summed E-state index contributed by atoms with van der Waals surface area (Å²) >= 11 is 11.8. The molecule has 0 fully saturated rings. The summed E-state index contributed by atoms with van der Waals surface area (Å²) in [5, 5.41) is 1.77. The van der Waals surface area contributed by atoms with Gasteiger partial charge in [-0.05, 0) is 22.9 Å². The largest absolute Gasteiger partial charge is 0.285 e. The number of ketones is 2. The van der Waals surface area contributed by atoms with Gasteiger partial charge in [-0.2, -0.15) is 0 Å². The van der Waals surface area contributed by atoms with Crippen LogP contribution < -0.4 is 0 Å². The first kappa shape index (κ1) is 11.5. The summed E-state index contributed by atoms with van der Waals surface area (Å²) in [4.78, 5) is 23.5. The zero-order valence-corrected chi connectivity index (χ0v) is 10.5. The van der Waals surface area contributed by atoms with Gasteiger partial charge in [0.2, 0.25) is 11.6 Å². The topological polar surface area (TPSA) is 34.1 Å². The van der Waals surface area contributed by atoms with Crippen molar-refractivity contribution < 1.29 is 9.59 Å². The van der Waals surface area contributed by atoms with Gasteiger partial charge < -0.3 is 0 Å².